The Balaban J connectivity index is 2.45. The Morgan fingerprint density at radius 1 is 1.37 bits per heavy atom. The first kappa shape index (κ1) is 14.5. The van der Waals surface area contributed by atoms with Gasteiger partial charge in [0.25, 0.3) is 0 Å². The summed E-state index contributed by atoms with van der Waals surface area (Å²) in [4.78, 5) is 4.47. The van der Waals surface area contributed by atoms with E-state index >= 15 is 0 Å². The third-order valence-corrected chi connectivity index (χ3v) is 4.08. The van der Waals surface area contributed by atoms with Gasteiger partial charge in [-0.1, -0.05) is 30.7 Å². The lowest BCUT2D eigenvalue weighted by molar-refractivity contribution is 0.613. The molecule has 0 spiro atoms. The number of benzene rings is 1. The van der Waals surface area contributed by atoms with Crippen LogP contribution in [-0.4, -0.2) is 11.5 Å². The number of hydrogen-bond donors (Lipinski definition) is 1. The van der Waals surface area contributed by atoms with Gasteiger partial charge in [0.05, 0.1) is 11.7 Å². The molecule has 0 saturated heterocycles. The first-order chi connectivity index (χ1) is 9.13. The van der Waals surface area contributed by atoms with E-state index in [9.17, 15) is 0 Å². The summed E-state index contributed by atoms with van der Waals surface area (Å²) in [6.07, 6.45) is 1.81. The highest BCUT2D eigenvalue weighted by atomic mass is 79.9. The maximum absolute atomic E-state index is 6.23. The number of aromatic nitrogens is 1. The summed E-state index contributed by atoms with van der Waals surface area (Å²) >= 11 is 9.79. The van der Waals surface area contributed by atoms with Gasteiger partial charge in [0.15, 0.2) is 0 Å². The molecule has 1 aromatic heterocycles. The van der Waals surface area contributed by atoms with Crippen molar-refractivity contribution in [2.24, 2.45) is 0 Å². The van der Waals surface area contributed by atoms with Crippen molar-refractivity contribution in [2.75, 3.05) is 6.54 Å². The average Bonchev–Trinajstić information content (AvgIpc) is 2.40. The number of halogens is 2. The molecule has 0 fully saturated rings. The minimum atomic E-state index is 0.0404. The van der Waals surface area contributed by atoms with E-state index in [2.05, 4.69) is 39.2 Å². The van der Waals surface area contributed by atoms with Crippen molar-refractivity contribution >= 4 is 27.5 Å². The van der Waals surface area contributed by atoms with Crippen molar-refractivity contribution in [3.05, 3.63) is 62.8 Å². The van der Waals surface area contributed by atoms with Crippen molar-refractivity contribution in [1.29, 1.82) is 0 Å². The standard InChI is InChI=1S/C15H16BrClN2/c1-3-18-14(15-12(16)5-4-8-19-15)11-7-6-10(2)13(17)9-11/h4-9,14,18H,3H2,1-2H3. The van der Waals surface area contributed by atoms with E-state index in [1.807, 2.05) is 31.2 Å². The molecule has 1 heterocycles. The Morgan fingerprint density at radius 2 is 2.16 bits per heavy atom. The predicted octanol–water partition coefficient (Wildman–Crippen LogP) is 4.50. The molecule has 0 bridgehead atoms. The van der Waals surface area contributed by atoms with Crippen molar-refractivity contribution in [2.45, 2.75) is 19.9 Å². The highest BCUT2D eigenvalue weighted by Crippen LogP contribution is 2.29. The fourth-order valence-corrected chi connectivity index (χ4v) is 2.65. The smallest absolute Gasteiger partial charge is 0.0763 e. The van der Waals surface area contributed by atoms with Crippen LogP contribution in [0.5, 0.6) is 0 Å². The molecule has 2 nitrogen and oxygen atoms in total. The third kappa shape index (κ3) is 3.35. The van der Waals surface area contributed by atoms with Crippen molar-refractivity contribution in [3.8, 4) is 0 Å². The molecule has 100 valence electrons. The second-order valence-electron chi connectivity index (χ2n) is 4.37. The molecule has 0 aliphatic carbocycles. The van der Waals surface area contributed by atoms with Gasteiger partial charge in [-0.05, 0) is 58.7 Å². The molecule has 2 aromatic rings. The first-order valence-corrected chi connectivity index (χ1v) is 7.40. The van der Waals surface area contributed by atoms with Gasteiger partial charge in [0.2, 0.25) is 0 Å². The second-order valence-corrected chi connectivity index (χ2v) is 5.63. The second kappa shape index (κ2) is 6.51. The molecule has 19 heavy (non-hydrogen) atoms. The van der Waals surface area contributed by atoms with E-state index in [4.69, 9.17) is 11.6 Å². The molecule has 4 heteroatoms. The predicted molar refractivity (Wildman–Crippen MR) is 83.6 cm³/mol. The molecule has 0 saturated carbocycles. The molecule has 1 aromatic carbocycles. The number of aryl methyl sites for hydroxylation is 1. The highest BCUT2D eigenvalue weighted by molar-refractivity contribution is 9.10. The summed E-state index contributed by atoms with van der Waals surface area (Å²) in [5, 5.41) is 4.24. The fraction of sp³-hybridized carbons (Fsp3) is 0.267. The van der Waals surface area contributed by atoms with E-state index < -0.39 is 0 Å². The fourth-order valence-electron chi connectivity index (χ4n) is 1.98. The molecule has 0 radical (unpaired) electrons. The molecular weight excluding hydrogens is 324 g/mol. The number of nitrogens with one attached hydrogen (secondary N) is 1. The Hall–Kier alpha value is -0.900. The van der Waals surface area contributed by atoms with E-state index in [0.29, 0.717) is 0 Å². The Kier molecular flexibility index (Phi) is 4.97. The van der Waals surface area contributed by atoms with Gasteiger partial charge in [0.1, 0.15) is 0 Å². The average molecular weight is 340 g/mol. The third-order valence-electron chi connectivity index (χ3n) is 3.00. The van der Waals surface area contributed by atoms with Crippen LogP contribution >= 0.6 is 27.5 Å². The highest BCUT2D eigenvalue weighted by Gasteiger charge is 2.17. The van der Waals surface area contributed by atoms with Gasteiger partial charge in [-0.25, -0.2) is 0 Å². The zero-order chi connectivity index (χ0) is 13.8. The monoisotopic (exact) mass is 338 g/mol. The maximum Gasteiger partial charge on any atom is 0.0763 e. The van der Waals surface area contributed by atoms with Gasteiger partial charge in [-0.2, -0.15) is 0 Å². The SMILES string of the molecule is CCNC(c1ccc(C)c(Cl)c1)c1ncccc1Br. The lowest BCUT2D eigenvalue weighted by Gasteiger charge is -2.19. The number of rotatable bonds is 4. The van der Waals surface area contributed by atoms with Crippen molar-refractivity contribution in [1.82, 2.24) is 10.3 Å². The molecule has 0 aliphatic heterocycles. The van der Waals surface area contributed by atoms with E-state index in [0.717, 1.165) is 32.9 Å². The van der Waals surface area contributed by atoms with Gasteiger partial charge >= 0.3 is 0 Å². The summed E-state index contributed by atoms with van der Waals surface area (Å²) in [6, 6.07) is 10.1. The topological polar surface area (TPSA) is 24.9 Å². The normalized spacial score (nSPS) is 12.4. The Morgan fingerprint density at radius 3 is 2.79 bits per heavy atom. The first-order valence-electron chi connectivity index (χ1n) is 6.23. The van der Waals surface area contributed by atoms with Gasteiger partial charge in [-0.15, -0.1) is 0 Å². The van der Waals surface area contributed by atoms with Crippen molar-refractivity contribution < 1.29 is 0 Å². The summed E-state index contributed by atoms with van der Waals surface area (Å²) in [6.45, 7) is 4.95. The zero-order valence-electron chi connectivity index (χ0n) is 11.0. The molecule has 2 rings (SSSR count). The number of pyridine rings is 1. The van der Waals surface area contributed by atoms with Gasteiger partial charge < -0.3 is 5.32 Å². The van der Waals surface area contributed by atoms with Crippen LogP contribution < -0.4 is 5.32 Å². The number of hydrogen-bond acceptors (Lipinski definition) is 2. The maximum atomic E-state index is 6.23. The summed E-state index contributed by atoms with van der Waals surface area (Å²) in [5.74, 6) is 0. The minimum absolute atomic E-state index is 0.0404. The summed E-state index contributed by atoms with van der Waals surface area (Å²) in [5.41, 5.74) is 3.18. The van der Waals surface area contributed by atoms with Gasteiger partial charge in [-0.3, -0.25) is 4.98 Å². The quantitative estimate of drug-likeness (QED) is 0.887. The summed E-state index contributed by atoms with van der Waals surface area (Å²) in [7, 11) is 0. The molecule has 1 unspecified atom stereocenters. The van der Waals surface area contributed by atoms with Crippen LogP contribution in [0.2, 0.25) is 5.02 Å². The number of nitrogens with zero attached hydrogens (tertiary/aromatic N) is 1. The lowest BCUT2D eigenvalue weighted by atomic mass is 10.0. The van der Waals surface area contributed by atoms with E-state index in [1.165, 1.54) is 0 Å². The van der Waals surface area contributed by atoms with E-state index in [-0.39, 0.29) is 6.04 Å². The van der Waals surface area contributed by atoms with Crippen LogP contribution in [-0.2, 0) is 0 Å². The van der Waals surface area contributed by atoms with Crippen LogP contribution in [0.25, 0.3) is 0 Å². The molecule has 0 amide bonds. The minimum Gasteiger partial charge on any atom is -0.305 e. The van der Waals surface area contributed by atoms with Crippen molar-refractivity contribution in [3.63, 3.8) is 0 Å². The van der Waals surface area contributed by atoms with Crippen LogP contribution in [0, 0.1) is 6.92 Å². The molecule has 0 aliphatic rings. The van der Waals surface area contributed by atoms with E-state index in [1.54, 1.807) is 6.20 Å². The van der Waals surface area contributed by atoms with Gasteiger partial charge in [0, 0.05) is 15.7 Å². The molecule has 1 atom stereocenters. The van der Waals surface area contributed by atoms with Crippen LogP contribution in [0.4, 0.5) is 0 Å². The van der Waals surface area contributed by atoms with Crippen LogP contribution in [0.15, 0.2) is 41.0 Å². The summed E-state index contributed by atoms with van der Waals surface area (Å²) < 4.78 is 0.998. The molecule has 1 N–H and O–H groups in total. The Labute approximate surface area is 127 Å². The Bertz CT molecular complexity index is 572. The lowest BCUT2D eigenvalue weighted by Crippen LogP contribution is -2.23. The van der Waals surface area contributed by atoms with Crippen LogP contribution in [0.3, 0.4) is 0 Å². The van der Waals surface area contributed by atoms with Crippen LogP contribution in [0.1, 0.15) is 29.8 Å². The largest absolute Gasteiger partial charge is 0.305 e. The molecular formula is C15H16BrClN2. The zero-order valence-corrected chi connectivity index (χ0v) is 13.3.